The van der Waals surface area contributed by atoms with Crippen LogP contribution in [0, 0.1) is 6.92 Å². The van der Waals surface area contributed by atoms with Gasteiger partial charge >= 0.3 is 6.18 Å². The molecule has 0 aliphatic heterocycles. The summed E-state index contributed by atoms with van der Waals surface area (Å²) in [6, 6.07) is 5.92. The molecule has 124 valence electrons. The van der Waals surface area contributed by atoms with E-state index >= 15 is 0 Å². The number of halogens is 3. The predicted molar refractivity (Wildman–Crippen MR) is 82.6 cm³/mol. The molecule has 0 atom stereocenters. The number of hydrogen-bond donors (Lipinski definition) is 1. The van der Waals surface area contributed by atoms with E-state index in [4.69, 9.17) is 0 Å². The van der Waals surface area contributed by atoms with Crippen LogP contribution in [0.3, 0.4) is 0 Å². The van der Waals surface area contributed by atoms with Crippen molar-refractivity contribution < 1.29 is 18.0 Å². The molecular formula is C16H13F3N4O. The highest BCUT2D eigenvalue weighted by molar-refractivity contribution is 6.05. The monoisotopic (exact) mass is 334 g/mol. The molecule has 0 unspecified atom stereocenters. The zero-order valence-electron chi connectivity index (χ0n) is 12.8. The molecule has 3 aromatic rings. The van der Waals surface area contributed by atoms with Crippen molar-refractivity contribution >= 4 is 22.6 Å². The summed E-state index contributed by atoms with van der Waals surface area (Å²) in [5.41, 5.74) is 1.20. The maximum atomic E-state index is 12.5. The molecule has 1 aromatic carbocycles. The number of fused-ring (bicyclic) bond motifs is 1. The van der Waals surface area contributed by atoms with Gasteiger partial charge in [0.25, 0.3) is 5.91 Å². The number of hydrogen-bond acceptors (Lipinski definition) is 3. The summed E-state index contributed by atoms with van der Waals surface area (Å²) in [5, 5.41) is 7.53. The first-order valence-corrected chi connectivity index (χ1v) is 7.03. The quantitative estimate of drug-likeness (QED) is 0.780. The number of amides is 1. The Morgan fingerprint density at radius 1 is 1.21 bits per heavy atom. The number of pyridine rings is 1. The number of nitrogens with one attached hydrogen (secondary N) is 1. The maximum absolute atomic E-state index is 12.5. The van der Waals surface area contributed by atoms with Gasteiger partial charge in [-0.3, -0.25) is 9.48 Å². The number of carbonyl (C=O) groups excluding carboxylic acids is 1. The first-order valence-electron chi connectivity index (χ1n) is 7.03. The Morgan fingerprint density at radius 3 is 2.50 bits per heavy atom. The summed E-state index contributed by atoms with van der Waals surface area (Å²) >= 11 is 0. The predicted octanol–water partition coefficient (Wildman–Crippen LogP) is 3.55. The zero-order chi connectivity index (χ0) is 17.5. The number of rotatable bonds is 2. The minimum absolute atomic E-state index is 0.274. The molecule has 8 heteroatoms. The molecule has 2 aromatic heterocycles. The van der Waals surface area contributed by atoms with E-state index in [0.717, 1.165) is 23.2 Å². The smallest absolute Gasteiger partial charge is 0.322 e. The zero-order valence-corrected chi connectivity index (χ0v) is 12.8. The highest BCUT2D eigenvalue weighted by Crippen LogP contribution is 2.29. The van der Waals surface area contributed by atoms with Gasteiger partial charge in [0.15, 0.2) is 5.65 Å². The van der Waals surface area contributed by atoms with E-state index in [-0.39, 0.29) is 5.69 Å². The Bertz CT molecular complexity index is 913. The largest absolute Gasteiger partial charge is 0.416 e. The summed E-state index contributed by atoms with van der Waals surface area (Å²) in [6.07, 6.45) is -3.00. The Morgan fingerprint density at radius 2 is 1.88 bits per heavy atom. The molecule has 0 fully saturated rings. The minimum Gasteiger partial charge on any atom is -0.322 e. The van der Waals surface area contributed by atoms with Crippen LogP contribution in [-0.2, 0) is 13.2 Å². The number of alkyl halides is 3. The van der Waals surface area contributed by atoms with Crippen LogP contribution in [0.1, 0.15) is 21.6 Å². The van der Waals surface area contributed by atoms with Crippen LogP contribution < -0.4 is 5.32 Å². The Balaban J connectivity index is 1.83. The van der Waals surface area contributed by atoms with Crippen LogP contribution in [0.5, 0.6) is 0 Å². The standard InChI is InChI=1S/C16H13F3N4O/c1-9-13-7-10(8-20-14(13)23(2)22-9)15(24)21-12-5-3-11(4-6-12)16(17,18)19/h3-8H,1-2H3,(H,21,24). The highest BCUT2D eigenvalue weighted by atomic mass is 19.4. The average molecular weight is 334 g/mol. The molecule has 0 saturated carbocycles. The molecule has 2 heterocycles. The fraction of sp³-hybridized carbons (Fsp3) is 0.188. The molecule has 0 saturated heterocycles. The van der Waals surface area contributed by atoms with E-state index in [2.05, 4.69) is 15.4 Å². The van der Waals surface area contributed by atoms with Crippen molar-refractivity contribution in [1.82, 2.24) is 14.8 Å². The van der Waals surface area contributed by atoms with Crippen molar-refractivity contribution in [3.63, 3.8) is 0 Å². The summed E-state index contributed by atoms with van der Waals surface area (Å²) in [6.45, 7) is 1.81. The van der Waals surface area contributed by atoms with Crippen LogP contribution in [0.15, 0.2) is 36.5 Å². The summed E-state index contributed by atoms with van der Waals surface area (Å²) in [7, 11) is 1.75. The molecule has 0 aliphatic carbocycles. The number of carbonyl (C=O) groups is 1. The summed E-state index contributed by atoms with van der Waals surface area (Å²) in [5.74, 6) is -0.451. The summed E-state index contributed by atoms with van der Waals surface area (Å²) in [4.78, 5) is 16.5. The van der Waals surface area contributed by atoms with Gasteiger partial charge in [-0.1, -0.05) is 0 Å². The van der Waals surface area contributed by atoms with E-state index in [1.54, 1.807) is 17.8 Å². The fourth-order valence-corrected chi connectivity index (χ4v) is 2.38. The number of benzene rings is 1. The van der Waals surface area contributed by atoms with Gasteiger partial charge in [0.1, 0.15) is 0 Å². The van der Waals surface area contributed by atoms with Crippen molar-refractivity contribution in [3.05, 3.63) is 53.3 Å². The lowest BCUT2D eigenvalue weighted by molar-refractivity contribution is -0.137. The Labute approximate surface area is 135 Å². The number of anilines is 1. The third-order valence-electron chi connectivity index (χ3n) is 3.60. The van der Waals surface area contributed by atoms with E-state index in [0.29, 0.717) is 11.2 Å². The SMILES string of the molecule is Cc1nn(C)c2ncc(C(=O)Nc3ccc(C(F)(F)F)cc3)cc12. The Hall–Kier alpha value is -2.90. The fourth-order valence-electron chi connectivity index (χ4n) is 2.38. The second-order valence-electron chi connectivity index (χ2n) is 5.33. The lowest BCUT2D eigenvalue weighted by Gasteiger charge is -2.09. The first-order chi connectivity index (χ1) is 11.3. The molecule has 1 amide bonds. The second kappa shape index (κ2) is 5.63. The van der Waals surface area contributed by atoms with Gasteiger partial charge in [0.2, 0.25) is 0 Å². The lowest BCUT2D eigenvalue weighted by Crippen LogP contribution is -2.13. The van der Waals surface area contributed by atoms with Crippen molar-refractivity contribution in [3.8, 4) is 0 Å². The molecular weight excluding hydrogens is 321 g/mol. The minimum atomic E-state index is -4.41. The van der Waals surface area contributed by atoms with Gasteiger partial charge < -0.3 is 5.32 Å². The van der Waals surface area contributed by atoms with Gasteiger partial charge in [0.05, 0.1) is 16.8 Å². The molecule has 0 spiro atoms. The van der Waals surface area contributed by atoms with E-state index < -0.39 is 17.6 Å². The van der Waals surface area contributed by atoms with Crippen molar-refractivity contribution in [2.24, 2.45) is 7.05 Å². The third-order valence-corrected chi connectivity index (χ3v) is 3.60. The van der Waals surface area contributed by atoms with Crippen molar-refractivity contribution in [2.75, 3.05) is 5.32 Å². The normalized spacial score (nSPS) is 11.7. The molecule has 1 N–H and O–H groups in total. The average Bonchev–Trinajstić information content (AvgIpc) is 2.81. The highest BCUT2D eigenvalue weighted by Gasteiger charge is 2.30. The van der Waals surface area contributed by atoms with Gasteiger partial charge in [0, 0.05) is 24.3 Å². The second-order valence-corrected chi connectivity index (χ2v) is 5.33. The molecule has 3 rings (SSSR count). The van der Waals surface area contributed by atoms with E-state index in [1.165, 1.54) is 18.3 Å². The molecule has 0 aliphatic rings. The molecule has 5 nitrogen and oxygen atoms in total. The summed E-state index contributed by atoms with van der Waals surface area (Å²) < 4.78 is 39.2. The molecule has 0 bridgehead atoms. The van der Waals surface area contributed by atoms with Crippen LogP contribution in [0.25, 0.3) is 11.0 Å². The topological polar surface area (TPSA) is 59.8 Å². The first kappa shape index (κ1) is 16.0. The number of aryl methyl sites for hydroxylation is 2. The molecule has 0 radical (unpaired) electrons. The van der Waals surface area contributed by atoms with Gasteiger partial charge in [-0.2, -0.15) is 18.3 Å². The van der Waals surface area contributed by atoms with E-state index in [9.17, 15) is 18.0 Å². The van der Waals surface area contributed by atoms with Gasteiger partial charge in [-0.15, -0.1) is 0 Å². The van der Waals surface area contributed by atoms with Crippen LogP contribution >= 0.6 is 0 Å². The van der Waals surface area contributed by atoms with Crippen LogP contribution in [-0.4, -0.2) is 20.7 Å². The van der Waals surface area contributed by atoms with Crippen LogP contribution in [0.2, 0.25) is 0 Å². The van der Waals surface area contributed by atoms with Crippen molar-refractivity contribution in [1.29, 1.82) is 0 Å². The number of nitrogens with zero attached hydrogens (tertiary/aromatic N) is 3. The Kier molecular flexibility index (Phi) is 3.75. The van der Waals surface area contributed by atoms with Gasteiger partial charge in [-0.05, 0) is 37.3 Å². The van der Waals surface area contributed by atoms with Gasteiger partial charge in [-0.25, -0.2) is 4.98 Å². The van der Waals surface area contributed by atoms with E-state index in [1.807, 2.05) is 6.92 Å². The number of aromatic nitrogens is 3. The maximum Gasteiger partial charge on any atom is 0.416 e. The third kappa shape index (κ3) is 2.94. The van der Waals surface area contributed by atoms with Crippen LogP contribution in [0.4, 0.5) is 18.9 Å². The van der Waals surface area contributed by atoms with Crippen molar-refractivity contribution in [2.45, 2.75) is 13.1 Å². The molecule has 24 heavy (non-hydrogen) atoms. The lowest BCUT2D eigenvalue weighted by atomic mass is 10.1.